The maximum Gasteiger partial charge on any atom is 0.0426 e. The first-order valence-electron chi connectivity index (χ1n) is 5.07. The Morgan fingerprint density at radius 1 is 1.29 bits per heavy atom. The molecule has 0 saturated carbocycles. The minimum atomic E-state index is 0.592. The summed E-state index contributed by atoms with van der Waals surface area (Å²) < 4.78 is 0. The van der Waals surface area contributed by atoms with Crippen molar-refractivity contribution >= 4 is 17.3 Å². The van der Waals surface area contributed by atoms with E-state index in [1.807, 2.05) is 18.2 Å². The van der Waals surface area contributed by atoms with Crippen LogP contribution >= 0.6 is 11.6 Å². The Morgan fingerprint density at radius 3 is 2.79 bits per heavy atom. The van der Waals surface area contributed by atoms with Crippen molar-refractivity contribution in [3.05, 3.63) is 29.3 Å². The highest BCUT2D eigenvalue weighted by atomic mass is 35.5. The summed E-state index contributed by atoms with van der Waals surface area (Å²) in [7, 11) is 0. The second-order valence-electron chi connectivity index (χ2n) is 3.68. The van der Waals surface area contributed by atoms with Gasteiger partial charge in [-0.05, 0) is 44.1 Å². The summed E-state index contributed by atoms with van der Waals surface area (Å²) in [5.74, 6) is 0. The van der Waals surface area contributed by atoms with Crippen LogP contribution in [-0.2, 0) is 0 Å². The molecule has 1 fully saturated rings. The van der Waals surface area contributed by atoms with Crippen molar-refractivity contribution in [2.45, 2.75) is 18.9 Å². The Morgan fingerprint density at radius 2 is 2.07 bits per heavy atom. The molecule has 0 spiro atoms. The van der Waals surface area contributed by atoms with E-state index in [4.69, 9.17) is 11.6 Å². The second-order valence-corrected chi connectivity index (χ2v) is 4.12. The van der Waals surface area contributed by atoms with Crippen LogP contribution in [0.25, 0.3) is 0 Å². The summed E-state index contributed by atoms with van der Waals surface area (Å²) in [5, 5.41) is 7.64. The molecule has 1 aromatic carbocycles. The van der Waals surface area contributed by atoms with Crippen LogP contribution in [0.2, 0.25) is 5.02 Å². The number of hydrogen-bond donors (Lipinski definition) is 2. The van der Waals surface area contributed by atoms with Crippen molar-refractivity contribution in [2.75, 3.05) is 18.4 Å². The Balaban J connectivity index is 1.95. The van der Waals surface area contributed by atoms with Gasteiger partial charge in [0, 0.05) is 16.8 Å². The lowest BCUT2D eigenvalue weighted by Gasteiger charge is -2.24. The molecule has 0 aliphatic carbocycles. The van der Waals surface area contributed by atoms with Crippen LogP contribution < -0.4 is 10.6 Å². The van der Waals surface area contributed by atoms with Crippen LogP contribution in [0, 0.1) is 0 Å². The normalized spacial score (nSPS) is 18.1. The summed E-state index contributed by atoms with van der Waals surface area (Å²) in [6, 6.07) is 8.51. The predicted octanol–water partition coefficient (Wildman–Crippen LogP) is 2.50. The number of piperidine rings is 1. The molecule has 1 aliphatic rings. The zero-order valence-electron chi connectivity index (χ0n) is 8.09. The van der Waals surface area contributed by atoms with Gasteiger partial charge in [0.05, 0.1) is 0 Å². The van der Waals surface area contributed by atoms with Crippen molar-refractivity contribution in [1.82, 2.24) is 5.32 Å². The van der Waals surface area contributed by atoms with Gasteiger partial charge in [-0.15, -0.1) is 0 Å². The molecule has 1 saturated heterocycles. The van der Waals surface area contributed by atoms with Crippen LogP contribution in [0.4, 0.5) is 5.69 Å². The molecule has 0 amide bonds. The molecule has 0 radical (unpaired) electrons. The van der Waals surface area contributed by atoms with Crippen molar-refractivity contribution < 1.29 is 0 Å². The largest absolute Gasteiger partial charge is 0.382 e. The minimum absolute atomic E-state index is 0.592. The van der Waals surface area contributed by atoms with Gasteiger partial charge in [0.25, 0.3) is 0 Å². The average Bonchev–Trinajstić information content (AvgIpc) is 2.19. The summed E-state index contributed by atoms with van der Waals surface area (Å²) >= 11 is 5.91. The number of nitrogens with one attached hydrogen (secondary N) is 2. The van der Waals surface area contributed by atoms with E-state index in [0.717, 1.165) is 23.8 Å². The Labute approximate surface area is 89.7 Å². The number of anilines is 1. The van der Waals surface area contributed by atoms with E-state index in [-0.39, 0.29) is 0 Å². The topological polar surface area (TPSA) is 24.1 Å². The molecule has 0 aromatic heterocycles. The van der Waals surface area contributed by atoms with Crippen LogP contribution in [0.1, 0.15) is 12.8 Å². The van der Waals surface area contributed by atoms with Crippen LogP contribution in [0.5, 0.6) is 0 Å². The summed E-state index contributed by atoms with van der Waals surface area (Å²) in [5.41, 5.74) is 1.13. The molecule has 2 nitrogen and oxygen atoms in total. The van der Waals surface area contributed by atoms with Crippen molar-refractivity contribution in [2.24, 2.45) is 0 Å². The molecular weight excluding hydrogens is 196 g/mol. The first kappa shape index (κ1) is 9.81. The highest BCUT2D eigenvalue weighted by Crippen LogP contribution is 2.17. The first-order valence-corrected chi connectivity index (χ1v) is 5.45. The lowest BCUT2D eigenvalue weighted by molar-refractivity contribution is 0.479. The molecule has 3 heteroatoms. The smallest absolute Gasteiger partial charge is 0.0426 e. The Bertz CT molecular complexity index is 295. The fourth-order valence-electron chi connectivity index (χ4n) is 1.78. The van der Waals surface area contributed by atoms with Gasteiger partial charge in [0.1, 0.15) is 0 Å². The molecule has 0 bridgehead atoms. The Kier molecular flexibility index (Phi) is 3.27. The average molecular weight is 211 g/mol. The van der Waals surface area contributed by atoms with Crippen molar-refractivity contribution in [3.8, 4) is 0 Å². The summed E-state index contributed by atoms with van der Waals surface area (Å²) in [6.07, 6.45) is 2.37. The van der Waals surface area contributed by atoms with E-state index >= 15 is 0 Å². The van der Waals surface area contributed by atoms with Gasteiger partial charge in [0.2, 0.25) is 0 Å². The maximum absolute atomic E-state index is 5.91. The number of hydrogen-bond acceptors (Lipinski definition) is 2. The van der Waals surface area contributed by atoms with E-state index in [1.54, 1.807) is 0 Å². The second kappa shape index (κ2) is 4.67. The van der Waals surface area contributed by atoms with Crippen LogP contribution in [0.3, 0.4) is 0 Å². The minimum Gasteiger partial charge on any atom is -0.382 e. The fourth-order valence-corrected chi connectivity index (χ4v) is 1.97. The van der Waals surface area contributed by atoms with Gasteiger partial charge in [-0.1, -0.05) is 17.7 Å². The van der Waals surface area contributed by atoms with Crippen LogP contribution in [-0.4, -0.2) is 19.1 Å². The third kappa shape index (κ3) is 2.63. The SMILES string of the molecule is Clc1cccc(NC2CCNCC2)c1. The molecule has 76 valence electrons. The highest BCUT2D eigenvalue weighted by Gasteiger charge is 2.11. The quantitative estimate of drug-likeness (QED) is 0.784. The highest BCUT2D eigenvalue weighted by molar-refractivity contribution is 6.30. The van der Waals surface area contributed by atoms with E-state index < -0.39 is 0 Å². The molecule has 1 aromatic rings. The van der Waals surface area contributed by atoms with Gasteiger partial charge in [0.15, 0.2) is 0 Å². The third-order valence-electron chi connectivity index (χ3n) is 2.53. The van der Waals surface area contributed by atoms with E-state index in [1.165, 1.54) is 12.8 Å². The lowest BCUT2D eigenvalue weighted by atomic mass is 10.1. The fraction of sp³-hybridized carbons (Fsp3) is 0.455. The van der Waals surface area contributed by atoms with Gasteiger partial charge in [-0.2, -0.15) is 0 Å². The number of benzene rings is 1. The standard InChI is InChI=1S/C11H15ClN2/c12-9-2-1-3-11(8-9)14-10-4-6-13-7-5-10/h1-3,8,10,13-14H,4-7H2. The van der Waals surface area contributed by atoms with Gasteiger partial charge in [-0.25, -0.2) is 0 Å². The molecular formula is C11H15ClN2. The molecule has 0 atom stereocenters. The van der Waals surface area contributed by atoms with E-state index in [9.17, 15) is 0 Å². The van der Waals surface area contributed by atoms with Gasteiger partial charge < -0.3 is 10.6 Å². The van der Waals surface area contributed by atoms with Gasteiger partial charge in [-0.3, -0.25) is 0 Å². The predicted molar refractivity (Wildman–Crippen MR) is 61.0 cm³/mol. The summed E-state index contributed by atoms with van der Waals surface area (Å²) in [4.78, 5) is 0. The van der Waals surface area contributed by atoms with Crippen molar-refractivity contribution in [1.29, 1.82) is 0 Å². The molecule has 14 heavy (non-hydrogen) atoms. The maximum atomic E-state index is 5.91. The lowest BCUT2D eigenvalue weighted by Crippen LogP contribution is -2.35. The first-order chi connectivity index (χ1) is 6.84. The van der Waals surface area contributed by atoms with Gasteiger partial charge >= 0.3 is 0 Å². The monoisotopic (exact) mass is 210 g/mol. The zero-order chi connectivity index (χ0) is 9.80. The third-order valence-corrected chi connectivity index (χ3v) is 2.77. The molecule has 1 aliphatic heterocycles. The zero-order valence-corrected chi connectivity index (χ0v) is 8.85. The number of rotatable bonds is 2. The van der Waals surface area contributed by atoms with Crippen LogP contribution in [0.15, 0.2) is 24.3 Å². The molecule has 0 unspecified atom stereocenters. The molecule has 1 heterocycles. The Hall–Kier alpha value is -0.730. The summed E-state index contributed by atoms with van der Waals surface area (Å²) in [6.45, 7) is 2.22. The van der Waals surface area contributed by atoms with E-state index in [0.29, 0.717) is 6.04 Å². The van der Waals surface area contributed by atoms with E-state index in [2.05, 4.69) is 16.7 Å². The van der Waals surface area contributed by atoms with Crippen molar-refractivity contribution in [3.63, 3.8) is 0 Å². The molecule has 2 rings (SSSR count). The number of halogens is 1. The molecule has 2 N–H and O–H groups in total.